The zero-order chi connectivity index (χ0) is 22.9. The number of ether oxygens (including phenoxy) is 2. The van der Waals surface area contributed by atoms with Crippen molar-refractivity contribution in [1.29, 1.82) is 0 Å². The Morgan fingerprint density at radius 1 is 0.906 bits per heavy atom. The average Bonchev–Trinajstić information content (AvgIpc) is 3.09. The standard InChI is InChI=1S/C27H27F2NO2/c1-18-25-23(11-8-12-24(25)32-16-19-9-6-5-7-10-19)30(26(18)27(2,3)17-31-4)20-13-14-21(28)22(29)15-20/h5-15H,16-17H2,1-4H3. The highest BCUT2D eigenvalue weighted by atomic mass is 19.2. The third-order valence-electron chi connectivity index (χ3n) is 5.74. The van der Waals surface area contributed by atoms with E-state index in [0.29, 0.717) is 18.9 Å². The Morgan fingerprint density at radius 2 is 1.66 bits per heavy atom. The maximum Gasteiger partial charge on any atom is 0.160 e. The Kier molecular flexibility index (Phi) is 6.02. The van der Waals surface area contributed by atoms with E-state index in [2.05, 4.69) is 13.8 Å². The summed E-state index contributed by atoms with van der Waals surface area (Å²) in [6.07, 6.45) is 0. The van der Waals surface area contributed by atoms with Gasteiger partial charge in [-0.2, -0.15) is 0 Å². The van der Waals surface area contributed by atoms with Gasteiger partial charge in [0, 0.05) is 35.4 Å². The van der Waals surface area contributed by atoms with Crippen molar-refractivity contribution >= 4 is 10.9 Å². The van der Waals surface area contributed by atoms with Crippen LogP contribution < -0.4 is 4.74 Å². The average molecular weight is 436 g/mol. The molecule has 4 aromatic rings. The van der Waals surface area contributed by atoms with Gasteiger partial charge >= 0.3 is 0 Å². The molecule has 0 N–H and O–H groups in total. The summed E-state index contributed by atoms with van der Waals surface area (Å²) in [6.45, 7) is 7.11. The largest absolute Gasteiger partial charge is 0.488 e. The molecule has 1 aromatic heterocycles. The molecule has 0 bridgehead atoms. The lowest BCUT2D eigenvalue weighted by molar-refractivity contribution is 0.143. The van der Waals surface area contributed by atoms with E-state index in [0.717, 1.165) is 39.5 Å². The van der Waals surface area contributed by atoms with Gasteiger partial charge < -0.3 is 14.0 Å². The highest BCUT2D eigenvalue weighted by Crippen LogP contribution is 2.41. The third-order valence-corrected chi connectivity index (χ3v) is 5.74. The zero-order valence-electron chi connectivity index (χ0n) is 18.8. The summed E-state index contributed by atoms with van der Waals surface area (Å²) in [5.41, 5.74) is 4.10. The second kappa shape index (κ2) is 8.75. The molecule has 1 heterocycles. The lowest BCUT2D eigenvalue weighted by Crippen LogP contribution is -2.27. The van der Waals surface area contributed by atoms with Gasteiger partial charge in [-0.3, -0.25) is 0 Å². The maximum atomic E-state index is 14.2. The van der Waals surface area contributed by atoms with Crippen LogP contribution >= 0.6 is 0 Å². The minimum atomic E-state index is -0.881. The molecule has 0 unspecified atom stereocenters. The number of halogens is 2. The summed E-state index contributed by atoms with van der Waals surface area (Å²) in [7, 11) is 1.66. The zero-order valence-corrected chi connectivity index (χ0v) is 18.8. The third kappa shape index (κ3) is 4.00. The first-order valence-electron chi connectivity index (χ1n) is 10.6. The summed E-state index contributed by atoms with van der Waals surface area (Å²) < 4.78 is 41.6. The van der Waals surface area contributed by atoms with Crippen LogP contribution in [0.2, 0.25) is 0 Å². The first-order chi connectivity index (χ1) is 15.3. The van der Waals surface area contributed by atoms with Crippen molar-refractivity contribution in [1.82, 2.24) is 4.57 Å². The van der Waals surface area contributed by atoms with Gasteiger partial charge in [0.25, 0.3) is 0 Å². The molecular formula is C27H27F2NO2. The minimum absolute atomic E-state index is 0.389. The highest BCUT2D eigenvalue weighted by molar-refractivity contribution is 5.93. The van der Waals surface area contributed by atoms with E-state index in [9.17, 15) is 8.78 Å². The van der Waals surface area contributed by atoms with Crippen LogP contribution in [0.3, 0.4) is 0 Å². The van der Waals surface area contributed by atoms with Crippen molar-refractivity contribution in [3.05, 3.63) is 95.2 Å². The van der Waals surface area contributed by atoms with Crippen LogP contribution in [0.25, 0.3) is 16.6 Å². The van der Waals surface area contributed by atoms with Gasteiger partial charge in [-0.25, -0.2) is 8.78 Å². The van der Waals surface area contributed by atoms with Gasteiger partial charge in [0.15, 0.2) is 11.6 Å². The monoisotopic (exact) mass is 435 g/mol. The molecule has 0 atom stereocenters. The number of methoxy groups -OCH3 is 1. The molecule has 0 saturated heterocycles. The van der Waals surface area contributed by atoms with Gasteiger partial charge in [0.05, 0.1) is 12.1 Å². The Bertz CT molecular complexity index is 1250. The lowest BCUT2D eigenvalue weighted by atomic mass is 9.87. The molecule has 0 radical (unpaired) electrons. The van der Waals surface area contributed by atoms with E-state index >= 15 is 0 Å². The molecule has 0 spiro atoms. The highest BCUT2D eigenvalue weighted by Gasteiger charge is 2.31. The van der Waals surface area contributed by atoms with E-state index in [1.165, 1.54) is 6.07 Å². The van der Waals surface area contributed by atoms with Gasteiger partial charge in [-0.15, -0.1) is 0 Å². The molecule has 3 aromatic carbocycles. The quantitative estimate of drug-likeness (QED) is 0.322. The molecule has 32 heavy (non-hydrogen) atoms. The smallest absolute Gasteiger partial charge is 0.160 e. The summed E-state index contributed by atoms with van der Waals surface area (Å²) in [5, 5.41) is 0.951. The predicted octanol–water partition coefficient (Wildman–Crippen LogP) is 6.72. The van der Waals surface area contributed by atoms with E-state index in [1.54, 1.807) is 13.2 Å². The predicted molar refractivity (Wildman–Crippen MR) is 124 cm³/mol. The SMILES string of the molecule is COCC(C)(C)c1c(C)c2c(OCc3ccccc3)cccc2n1-c1ccc(F)c(F)c1. The topological polar surface area (TPSA) is 23.4 Å². The molecule has 0 amide bonds. The van der Waals surface area contributed by atoms with Gasteiger partial charge in [-0.1, -0.05) is 50.2 Å². The Balaban J connectivity index is 1.93. The number of fused-ring (bicyclic) bond motifs is 1. The Labute approximate surface area is 187 Å². The molecular weight excluding hydrogens is 408 g/mol. The molecule has 0 aliphatic heterocycles. The maximum absolute atomic E-state index is 14.2. The fraction of sp³-hybridized carbons (Fsp3) is 0.259. The van der Waals surface area contributed by atoms with Crippen LogP contribution in [0.5, 0.6) is 5.75 Å². The van der Waals surface area contributed by atoms with Gasteiger partial charge in [-0.05, 0) is 42.3 Å². The number of hydrogen-bond donors (Lipinski definition) is 0. The number of aryl methyl sites for hydroxylation is 1. The normalized spacial score (nSPS) is 11.8. The van der Waals surface area contributed by atoms with Crippen LogP contribution in [-0.4, -0.2) is 18.3 Å². The second-order valence-electron chi connectivity index (χ2n) is 8.65. The van der Waals surface area contributed by atoms with Gasteiger partial charge in [0.1, 0.15) is 12.4 Å². The van der Waals surface area contributed by atoms with E-state index in [4.69, 9.17) is 9.47 Å². The van der Waals surface area contributed by atoms with Crippen molar-refractivity contribution in [2.45, 2.75) is 32.8 Å². The number of rotatable bonds is 7. The fourth-order valence-electron chi connectivity index (χ4n) is 4.48. The molecule has 0 saturated carbocycles. The summed E-state index contributed by atoms with van der Waals surface area (Å²) in [6, 6.07) is 19.8. The summed E-state index contributed by atoms with van der Waals surface area (Å²) in [4.78, 5) is 0. The molecule has 4 rings (SSSR count). The molecule has 3 nitrogen and oxygen atoms in total. The van der Waals surface area contributed by atoms with Crippen LogP contribution in [0.1, 0.15) is 30.7 Å². The lowest BCUT2D eigenvalue weighted by Gasteiger charge is -2.27. The van der Waals surface area contributed by atoms with Crippen molar-refractivity contribution in [3.63, 3.8) is 0 Å². The van der Waals surface area contributed by atoms with Crippen molar-refractivity contribution in [2.24, 2.45) is 0 Å². The van der Waals surface area contributed by atoms with Crippen molar-refractivity contribution in [2.75, 3.05) is 13.7 Å². The number of hydrogen-bond acceptors (Lipinski definition) is 2. The second-order valence-corrected chi connectivity index (χ2v) is 8.65. The van der Waals surface area contributed by atoms with Crippen LogP contribution in [0.4, 0.5) is 8.78 Å². The van der Waals surface area contributed by atoms with Crippen LogP contribution in [0, 0.1) is 18.6 Å². The molecule has 166 valence electrons. The fourth-order valence-corrected chi connectivity index (χ4v) is 4.48. The Morgan fingerprint density at radius 3 is 2.34 bits per heavy atom. The molecule has 5 heteroatoms. The van der Waals surface area contributed by atoms with Crippen LogP contribution in [0.15, 0.2) is 66.7 Å². The summed E-state index contributed by atoms with van der Waals surface area (Å²) in [5.74, 6) is -1.000. The first-order valence-corrected chi connectivity index (χ1v) is 10.6. The molecule has 0 aliphatic rings. The summed E-state index contributed by atoms with van der Waals surface area (Å²) >= 11 is 0. The van der Waals surface area contributed by atoms with Gasteiger partial charge in [0.2, 0.25) is 0 Å². The Hall–Kier alpha value is -3.18. The minimum Gasteiger partial charge on any atom is -0.488 e. The molecule has 0 aliphatic carbocycles. The van der Waals surface area contributed by atoms with E-state index in [-0.39, 0.29) is 5.41 Å². The first kappa shape index (κ1) is 22.0. The van der Waals surface area contributed by atoms with Crippen LogP contribution in [-0.2, 0) is 16.8 Å². The number of aromatic nitrogens is 1. The van der Waals surface area contributed by atoms with E-state index in [1.807, 2.05) is 60.0 Å². The van der Waals surface area contributed by atoms with Crippen molar-refractivity contribution in [3.8, 4) is 11.4 Å². The van der Waals surface area contributed by atoms with E-state index < -0.39 is 11.6 Å². The van der Waals surface area contributed by atoms with Crippen molar-refractivity contribution < 1.29 is 18.3 Å². The molecule has 0 fully saturated rings. The number of benzene rings is 3. The number of nitrogens with zero attached hydrogens (tertiary/aromatic N) is 1.